The Bertz CT molecular complexity index is 912. The summed E-state index contributed by atoms with van der Waals surface area (Å²) in [5, 5.41) is 15.0. The summed E-state index contributed by atoms with van der Waals surface area (Å²) in [5.41, 5.74) is 3.79. The van der Waals surface area contributed by atoms with E-state index in [9.17, 15) is 5.11 Å². The quantitative estimate of drug-likeness (QED) is 0.688. The first-order valence-corrected chi connectivity index (χ1v) is 9.91. The fraction of sp³-hybridized carbons (Fsp3) is 0.391. The van der Waals surface area contributed by atoms with Crippen molar-refractivity contribution in [3.8, 4) is 11.4 Å². The Morgan fingerprint density at radius 2 is 1.68 bits per heavy atom. The van der Waals surface area contributed by atoms with Crippen LogP contribution in [0.1, 0.15) is 67.2 Å². The van der Waals surface area contributed by atoms with Crippen molar-refractivity contribution >= 4 is 0 Å². The first-order chi connectivity index (χ1) is 13.6. The third-order valence-corrected chi connectivity index (χ3v) is 5.39. The van der Waals surface area contributed by atoms with E-state index in [4.69, 9.17) is 9.26 Å². The Hall–Kier alpha value is -2.50. The molecule has 2 heterocycles. The lowest BCUT2D eigenvalue weighted by Gasteiger charge is -2.17. The number of hydrogen-bond donors (Lipinski definition) is 1. The number of nitrogens with zero attached hydrogens (tertiary/aromatic N) is 2. The Morgan fingerprint density at radius 1 is 0.964 bits per heavy atom. The molecule has 1 atom stereocenters. The zero-order chi connectivity index (χ0) is 19.5. The molecular weight excluding hydrogens is 352 g/mol. The maximum atomic E-state index is 10.8. The number of hydrogen-bond acceptors (Lipinski definition) is 5. The molecule has 28 heavy (non-hydrogen) atoms. The first-order valence-electron chi connectivity index (χ1n) is 9.91. The fourth-order valence-corrected chi connectivity index (χ4v) is 3.57. The van der Waals surface area contributed by atoms with E-state index in [1.807, 2.05) is 36.4 Å². The van der Waals surface area contributed by atoms with Crippen LogP contribution in [0.25, 0.3) is 11.4 Å². The van der Waals surface area contributed by atoms with Crippen LogP contribution < -0.4 is 0 Å². The van der Waals surface area contributed by atoms with E-state index in [0.29, 0.717) is 17.6 Å². The molecule has 2 aromatic carbocycles. The number of ether oxygens (including phenoxy) is 1. The highest BCUT2D eigenvalue weighted by molar-refractivity contribution is 5.56. The zero-order valence-electron chi connectivity index (χ0n) is 16.3. The van der Waals surface area contributed by atoms with Crippen molar-refractivity contribution in [1.29, 1.82) is 0 Å². The Morgan fingerprint density at radius 3 is 2.39 bits per heavy atom. The molecule has 5 heteroatoms. The van der Waals surface area contributed by atoms with Crippen LogP contribution in [0.2, 0.25) is 0 Å². The van der Waals surface area contributed by atoms with Crippen LogP contribution in [0.4, 0.5) is 0 Å². The van der Waals surface area contributed by atoms with E-state index in [1.165, 1.54) is 5.56 Å². The molecule has 0 saturated carbocycles. The van der Waals surface area contributed by atoms with Gasteiger partial charge in [0, 0.05) is 24.7 Å². The second-order valence-electron chi connectivity index (χ2n) is 7.69. The molecule has 0 spiro atoms. The van der Waals surface area contributed by atoms with E-state index >= 15 is 0 Å². The van der Waals surface area contributed by atoms with Gasteiger partial charge in [0.2, 0.25) is 11.7 Å². The Labute approximate surface area is 165 Å². The number of aliphatic hydroxyl groups is 1. The maximum Gasteiger partial charge on any atom is 0.230 e. The summed E-state index contributed by atoms with van der Waals surface area (Å²) in [6.45, 7) is 5.79. The van der Waals surface area contributed by atoms with E-state index in [-0.39, 0.29) is 5.92 Å². The predicted octanol–water partition coefficient (Wildman–Crippen LogP) is 4.84. The molecule has 1 aliphatic heterocycles. The van der Waals surface area contributed by atoms with Gasteiger partial charge in [-0.15, -0.1) is 0 Å². The molecule has 3 aromatic rings. The van der Waals surface area contributed by atoms with Crippen LogP contribution in [0.3, 0.4) is 0 Å². The third kappa shape index (κ3) is 4.01. The summed E-state index contributed by atoms with van der Waals surface area (Å²) in [4.78, 5) is 4.59. The summed E-state index contributed by atoms with van der Waals surface area (Å²) in [6, 6.07) is 15.8. The van der Waals surface area contributed by atoms with Crippen LogP contribution in [-0.4, -0.2) is 28.5 Å². The van der Waals surface area contributed by atoms with Gasteiger partial charge < -0.3 is 14.4 Å². The van der Waals surface area contributed by atoms with Crippen LogP contribution in [-0.2, 0) is 4.74 Å². The molecule has 5 nitrogen and oxygen atoms in total. The number of aromatic nitrogens is 2. The largest absolute Gasteiger partial charge is 0.384 e. The smallest absolute Gasteiger partial charge is 0.230 e. The molecule has 1 fully saturated rings. The summed E-state index contributed by atoms with van der Waals surface area (Å²) >= 11 is 0. The Kier molecular flexibility index (Phi) is 5.55. The maximum absolute atomic E-state index is 10.8. The van der Waals surface area contributed by atoms with Crippen molar-refractivity contribution in [2.45, 2.75) is 44.6 Å². The average Bonchev–Trinajstić information content (AvgIpc) is 3.24. The fourth-order valence-electron chi connectivity index (χ4n) is 3.57. The van der Waals surface area contributed by atoms with Gasteiger partial charge in [0.1, 0.15) is 6.10 Å². The van der Waals surface area contributed by atoms with Crippen molar-refractivity contribution < 1.29 is 14.4 Å². The van der Waals surface area contributed by atoms with Crippen LogP contribution in [0.15, 0.2) is 53.1 Å². The molecule has 1 aromatic heterocycles. The highest BCUT2D eigenvalue weighted by Crippen LogP contribution is 2.30. The molecule has 1 saturated heterocycles. The SMILES string of the molecule is CC(C)c1ccc(C(O)c2cccc(-c3noc(C4CCOCC4)n3)c2)cc1. The monoisotopic (exact) mass is 378 g/mol. The molecule has 0 radical (unpaired) electrons. The number of rotatable bonds is 5. The lowest BCUT2D eigenvalue weighted by Crippen LogP contribution is -2.14. The highest BCUT2D eigenvalue weighted by Gasteiger charge is 2.22. The van der Waals surface area contributed by atoms with Gasteiger partial charge >= 0.3 is 0 Å². The second kappa shape index (κ2) is 8.25. The summed E-state index contributed by atoms with van der Waals surface area (Å²) < 4.78 is 10.9. The van der Waals surface area contributed by atoms with Crippen molar-refractivity contribution in [1.82, 2.24) is 10.1 Å². The van der Waals surface area contributed by atoms with Gasteiger partial charge in [0.05, 0.1) is 0 Å². The average molecular weight is 378 g/mol. The summed E-state index contributed by atoms with van der Waals surface area (Å²) in [6.07, 6.45) is 1.13. The van der Waals surface area contributed by atoms with Gasteiger partial charge in [0.15, 0.2) is 0 Å². The van der Waals surface area contributed by atoms with E-state index in [2.05, 4.69) is 36.1 Å². The van der Waals surface area contributed by atoms with Crippen molar-refractivity contribution in [3.63, 3.8) is 0 Å². The number of aliphatic hydroxyl groups excluding tert-OH is 1. The van der Waals surface area contributed by atoms with Gasteiger partial charge in [-0.25, -0.2) is 0 Å². The molecule has 1 aliphatic rings. The van der Waals surface area contributed by atoms with Gasteiger partial charge in [-0.05, 0) is 41.5 Å². The van der Waals surface area contributed by atoms with E-state index in [1.54, 1.807) is 0 Å². The first kappa shape index (κ1) is 18.8. The van der Waals surface area contributed by atoms with Gasteiger partial charge in [-0.1, -0.05) is 61.5 Å². The molecule has 0 amide bonds. The van der Waals surface area contributed by atoms with Gasteiger partial charge in [0.25, 0.3) is 0 Å². The van der Waals surface area contributed by atoms with Gasteiger partial charge in [-0.2, -0.15) is 4.98 Å². The minimum atomic E-state index is -0.692. The normalized spacial score (nSPS) is 16.4. The van der Waals surface area contributed by atoms with Gasteiger partial charge in [-0.3, -0.25) is 0 Å². The molecular formula is C23H26N2O3. The zero-order valence-corrected chi connectivity index (χ0v) is 16.3. The second-order valence-corrected chi connectivity index (χ2v) is 7.69. The van der Waals surface area contributed by atoms with Crippen LogP contribution in [0, 0.1) is 0 Å². The highest BCUT2D eigenvalue weighted by atomic mass is 16.5. The van der Waals surface area contributed by atoms with Crippen molar-refractivity contribution in [3.05, 3.63) is 71.1 Å². The lowest BCUT2D eigenvalue weighted by atomic mass is 9.96. The molecule has 0 aliphatic carbocycles. The molecule has 0 bridgehead atoms. The standard InChI is InChI=1S/C23H26N2O3/c1-15(2)16-6-8-17(9-7-16)21(26)19-4-3-5-20(14-19)22-24-23(28-25-22)18-10-12-27-13-11-18/h3-9,14-15,18,21,26H,10-13H2,1-2H3. The minimum absolute atomic E-state index is 0.267. The lowest BCUT2D eigenvalue weighted by molar-refractivity contribution is 0.0778. The van der Waals surface area contributed by atoms with Crippen molar-refractivity contribution in [2.75, 3.05) is 13.2 Å². The minimum Gasteiger partial charge on any atom is -0.384 e. The molecule has 1 N–H and O–H groups in total. The van der Waals surface area contributed by atoms with Crippen LogP contribution in [0.5, 0.6) is 0 Å². The number of benzene rings is 2. The summed E-state index contributed by atoms with van der Waals surface area (Å²) in [7, 11) is 0. The topological polar surface area (TPSA) is 68.4 Å². The van der Waals surface area contributed by atoms with Crippen LogP contribution >= 0.6 is 0 Å². The van der Waals surface area contributed by atoms with Crippen molar-refractivity contribution in [2.24, 2.45) is 0 Å². The predicted molar refractivity (Wildman–Crippen MR) is 107 cm³/mol. The summed E-state index contributed by atoms with van der Waals surface area (Å²) in [5.74, 6) is 1.97. The van der Waals surface area contributed by atoms with E-state index in [0.717, 1.165) is 42.7 Å². The molecule has 1 unspecified atom stereocenters. The van der Waals surface area contributed by atoms with E-state index < -0.39 is 6.10 Å². The molecule has 146 valence electrons. The Balaban J connectivity index is 1.55. The molecule has 4 rings (SSSR count). The third-order valence-electron chi connectivity index (χ3n) is 5.39.